The molecular weight excluding hydrogens is 394 g/mol. The van der Waals surface area contributed by atoms with Gasteiger partial charge in [-0.15, -0.1) is 0 Å². The van der Waals surface area contributed by atoms with Crippen LogP contribution < -0.4 is 17.0 Å². The lowest BCUT2D eigenvalue weighted by atomic mass is 10.1. The fourth-order valence-electron chi connectivity index (χ4n) is 4.32. The van der Waals surface area contributed by atoms with E-state index in [1.54, 1.807) is 0 Å². The summed E-state index contributed by atoms with van der Waals surface area (Å²) in [7, 11) is 0. The van der Waals surface area contributed by atoms with Crippen molar-refractivity contribution in [2.24, 2.45) is 0 Å². The zero-order chi connectivity index (χ0) is 19.3. The molecule has 0 aliphatic rings. The summed E-state index contributed by atoms with van der Waals surface area (Å²) in [6, 6.07) is 0. The fraction of sp³-hybridized carbons (Fsp3) is 1.00. The maximum absolute atomic E-state index is 2.37. The van der Waals surface area contributed by atoms with E-state index >= 15 is 0 Å². The summed E-state index contributed by atoms with van der Waals surface area (Å²) in [6.07, 6.45) is 24.3. The van der Waals surface area contributed by atoms with E-state index in [-0.39, 0.29) is 17.0 Å². The Bertz CT molecular complexity index is 231. The van der Waals surface area contributed by atoms with Gasteiger partial charge in [0, 0.05) is 0 Å². The average molecular weight is 449 g/mol. The van der Waals surface area contributed by atoms with Crippen LogP contribution in [0.1, 0.15) is 137 Å². The molecule has 0 saturated heterocycles. The molecule has 1 nitrogen and oxygen atoms in total. The molecule has 0 atom stereocenters. The molecule has 0 bridgehead atoms. The molecule has 0 aromatic carbocycles. The highest BCUT2D eigenvalue weighted by molar-refractivity contribution is 4.53. The third-order valence-electron chi connectivity index (χ3n) is 6.19. The van der Waals surface area contributed by atoms with Crippen LogP contribution in [0.25, 0.3) is 0 Å². The molecule has 0 spiro atoms. The predicted octanol–water partition coefficient (Wildman–Crippen LogP) is 5.52. The van der Waals surface area contributed by atoms with Gasteiger partial charge in [-0.2, -0.15) is 0 Å². The van der Waals surface area contributed by atoms with Gasteiger partial charge in [-0.3, -0.25) is 0 Å². The van der Waals surface area contributed by atoms with Crippen LogP contribution in [-0.2, 0) is 0 Å². The van der Waals surface area contributed by atoms with Crippen molar-refractivity contribution < 1.29 is 21.5 Å². The van der Waals surface area contributed by atoms with Crippen LogP contribution in [0.3, 0.4) is 0 Å². The van der Waals surface area contributed by atoms with Gasteiger partial charge < -0.3 is 21.5 Å². The fourth-order valence-corrected chi connectivity index (χ4v) is 4.32. The zero-order valence-electron chi connectivity index (χ0n) is 19.7. The molecule has 0 aliphatic carbocycles. The van der Waals surface area contributed by atoms with E-state index in [4.69, 9.17) is 0 Å². The van der Waals surface area contributed by atoms with Crippen molar-refractivity contribution in [1.29, 1.82) is 0 Å². The van der Waals surface area contributed by atoms with Gasteiger partial charge in [-0.25, -0.2) is 0 Å². The standard InChI is InChI=1S/C25H54N.BrH/c1-5-9-13-16-19-23-26(22-12-8-4,24-20-17-14-10-6-2)25-21-18-15-11-7-3;/h5-25H2,1-4H3;1H/q+1;/p-1. The molecular formula is C25H54BrN. The molecule has 0 heterocycles. The summed E-state index contributed by atoms with van der Waals surface area (Å²) < 4.78 is 1.46. The molecule has 0 rings (SSSR count). The Kier molecular flexibility index (Phi) is 24.9. The highest BCUT2D eigenvalue weighted by Crippen LogP contribution is 2.19. The van der Waals surface area contributed by atoms with Crippen molar-refractivity contribution >= 4 is 0 Å². The molecule has 0 amide bonds. The average Bonchev–Trinajstić information content (AvgIpc) is 2.65. The Hall–Kier alpha value is 0.440. The van der Waals surface area contributed by atoms with E-state index in [1.165, 1.54) is 140 Å². The summed E-state index contributed by atoms with van der Waals surface area (Å²) in [5, 5.41) is 0. The lowest BCUT2D eigenvalue weighted by Gasteiger charge is -2.39. The first-order valence-corrected chi connectivity index (χ1v) is 12.6. The second-order valence-corrected chi connectivity index (χ2v) is 8.83. The molecule has 166 valence electrons. The lowest BCUT2D eigenvalue weighted by Crippen LogP contribution is -3.00. The van der Waals surface area contributed by atoms with Crippen LogP contribution in [0.2, 0.25) is 0 Å². The molecule has 0 aromatic rings. The number of nitrogens with zero attached hydrogens (tertiary/aromatic N) is 1. The van der Waals surface area contributed by atoms with Crippen LogP contribution >= 0.6 is 0 Å². The lowest BCUT2D eigenvalue weighted by molar-refractivity contribution is -0.929. The van der Waals surface area contributed by atoms with Crippen molar-refractivity contribution in [3.8, 4) is 0 Å². The van der Waals surface area contributed by atoms with Gasteiger partial charge in [0.1, 0.15) is 0 Å². The molecule has 0 aliphatic heterocycles. The van der Waals surface area contributed by atoms with E-state index in [1.807, 2.05) is 0 Å². The SMILES string of the molecule is CCCCCCC[N+](CCCC)(CCCCCCC)CCCCCCC.[Br-]. The number of hydrogen-bond acceptors (Lipinski definition) is 0. The van der Waals surface area contributed by atoms with Crippen LogP contribution in [0.4, 0.5) is 0 Å². The van der Waals surface area contributed by atoms with Crippen molar-refractivity contribution in [3.05, 3.63) is 0 Å². The summed E-state index contributed by atoms with van der Waals surface area (Å²) in [6.45, 7) is 15.2. The molecule has 0 radical (unpaired) electrons. The van der Waals surface area contributed by atoms with Gasteiger partial charge in [0.2, 0.25) is 0 Å². The first-order valence-electron chi connectivity index (χ1n) is 12.6. The van der Waals surface area contributed by atoms with Crippen molar-refractivity contribution in [3.63, 3.8) is 0 Å². The van der Waals surface area contributed by atoms with E-state index in [0.717, 1.165) is 0 Å². The van der Waals surface area contributed by atoms with Gasteiger partial charge >= 0.3 is 0 Å². The summed E-state index contributed by atoms with van der Waals surface area (Å²) in [5.41, 5.74) is 0. The van der Waals surface area contributed by atoms with Crippen molar-refractivity contribution in [1.82, 2.24) is 0 Å². The van der Waals surface area contributed by atoms with Gasteiger partial charge in [-0.05, 0) is 44.9 Å². The van der Waals surface area contributed by atoms with Crippen LogP contribution in [0.5, 0.6) is 0 Å². The number of hydrogen-bond donors (Lipinski definition) is 0. The number of quaternary nitrogens is 1. The first kappa shape index (κ1) is 29.6. The summed E-state index contributed by atoms with van der Waals surface area (Å²) >= 11 is 0. The minimum Gasteiger partial charge on any atom is -1.00 e. The van der Waals surface area contributed by atoms with Gasteiger partial charge in [0.05, 0.1) is 26.2 Å². The van der Waals surface area contributed by atoms with Gasteiger partial charge in [0.15, 0.2) is 0 Å². The minimum atomic E-state index is 0. The zero-order valence-corrected chi connectivity index (χ0v) is 21.3. The molecule has 0 N–H and O–H groups in total. The van der Waals surface area contributed by atoms with E-state index in [2.05, 4.69) is 27.7 Å². The Balaban J connectivity index is 0. The third-order valence-corrected chi connectivity index (χ3v) is 6.19. The van der Waals surface area contributed by atoms with Crippen molar-refractivity contribution in [2.75, 3.05) is 26.2 Å². The molecule has 2 heteroatoms. The Labute approximate surface area is 184 Å². The largest absolute Gasteiger partial charge is 1.00 e. The maximum Gasteiger partial charge on any atom is 0.0786 e. The van der Waals surface area contributed by atoms with Crippen LogP contribution in [-0.4, -0.2) is 30.7 Å². The molecule has 0 unspecified atom stereocenters. The predicted molar refractivity (Wildman–Crippen MR) is 121 cm³/mol. The summed E-state index contributed by atoms with van der Waals surface area (Å²) in [4.78, 5) is 0. The molecule has 0 aromatic heterocycles. The topological polar surface area (TPSA) is 0 Å². The first-order chi connectivity index (χ1) is 12.7. The highest BCUT2D eigenvalue weighted by Gasteiger charge is 2.25. The molecule has 0 saturated carbocycles. The monoisotopic (exact) mass is 447 g/mol. The normalized spacial score (nSPS) is 11.6. The second-order valence-electron chi connectivity index (χ2n) is 8.83. The van der Waals surface area contributed by atoms with E-state index < -0.39 is 0 Å². The Morgan fingerprint density at radius 3 is 0.889 bits per heavy atom. The van der Waals surface area contributed by atoms with Gasteiger partial charge in [-0.1, -0.05) is 91.9 Å². The molecule has 0 fully saturated rings. The number of halogens is 1. The number of rotatable bonds is 21. The Morgan fingerprint density at radius 2 is 0.593 bits per heavy atom. The molecule has 27 heavy (non-hydrogen) atoms. The van der Waals surface area contributed by atoms with E-state index in [9.17, 15) is 0 Å². The summed E-state index contributed by atoms with van der Waals surface area (Å²) in [5.74, 6) is 0. The van der Waals surface area contributed by atoms with Gasteiger partial charge in [0.25, 0.3) is 0 Å². The van der Waals surface area contributed by atoms with E-state index in [0.29, 0.717) is 0 Å². The van der Waals surface area contributed by atoms with Crippen LogP contribution in [0.15, 0.2) is 0 Å². The third kappa shape index (κ3) is 18.2. The van der Waals surface area contributed by atoms with Crippen LogP contribution in [0, 0.1) is 0 Å². The van der Waals surface area contributed by atoms with Crippen molar-refractivity contribution in [2.45, 2.75) is 137 Å². The highest BCUT2D eigenvalue weighted by atomic mass is 79.9. The maximum atomic E-state index is 2.37. The smallest absolute Gasteiger partial charge is 0.0786 e. The second kappa shape index (κ2) is 22.7. The quantitative estimate of drug-likeness (QED) is 0.160. The minimum absolute atomic E-state index is 0. The Morgan fingerprint density at radius 1 is 0.333 bits per heavy atom. The number of unbranched alkanes of at least 4 members (excludes halogenated alkanes) is 13.